The van der Waals surface area contributed by atoms with Crippen LogP contribution in [0.1, 0.15) is 53.9 Å². The molecule has 1 N–H and O–H groups in total. The molecular formula is C32H36FNO10S. The van der Waals surface area contributed by atoms with Crippen molar-refractivity contribution in [1.29, 1.82) is 0 Å². The Labute approximate surface area is 263 Å². The Kier molecular flexibility index (Phi) is 10.9. The van der Waals surface area contributed by atoms with E-state index in [0.717, 1.165) is 22.5 Å². The van der Waals surface area contributed by atoms with Crippen molar-refractivity contribution < 1.29 is 52.4 Å². The smallest absolute Gasteiger partial charge is 0.308 e. The van der Waals surface area contributed by atoms with E-state index in [1.54, 1.807) is 17.9 Å². The average molecular weight is 646 g/mol. The van der Waals surface area contributed by atoms with Crippen molar-refractivity contribution in [2.75, 3.05) is 34.5 Å². The van der Waals surface area contributed by atoms with Gasteiger partial charge in [0.2, 0.25) is 5.91 Å². The van der Waals surface area contributed by atoms with E-state index in [2.05, 4.69) is 0 Å². The van der Waals surface area contributed by atoms with E-state index < -0.39 is 29.6 Å². The molecule has 2 unspecified atom stereocenters. The molecule has 0 fully saturated rings. The van der Waals surface area contributed by atoms with Crippen LogP contribution in [0.3, 0.4) is 0 Å². The highest BCUT2D eigenvalue weighted by molar-refractivity contribution is 7.20. The fourth-order valence-corrected chi connectivity index (χ4v) is 5.97. The van der Waals surface area contributed by atoms with Crippen molar-refractivity contribution in [3.8, 4) is 23.0 Å². The number of ketones is 1. The summed E-state index contributed by atoms with van der Waals surface area (Å²) in [5.74, 6) is -3.03. The van der Waals surface area contributed by atoms with Crippen LogP contribution in [0.4, 0.5) is 4.39 Å². The Hall–Kier alpha value is -4.39. The minimum atomic E-state index is -1.08. The summed E-state index contributed by atoms with van der Waals surface area (Å²) in [7, 11) is 4.21. The predicted octanol–water partition coefficient (Wildman–Crippen LogP) is 5.24. The summed E-state index contributed by atoms with van der Waals surface area (Å²) in [6, 6.07) is 6.66. The third-order valence-corrected chi connectivity index (χ3v) is 8.65. The van der Waals surface area contributed by atoms with Gasteiger partial charge < -0.3 is 33.7 Å². The topological polar surface area (TPSA) is 138 Å². The van der Waals surface area contributed by atoms with Gasteiger partial charge in [0.1, 0.15) is 0 Å². The van der Waals surface area contributed by atoms with Crippen LogP contribution in [-0.4, -0.2) is 68.2 Å². The van der Waals surface area contributed by atoms with Gasteiger partial charge in [0, 0.05) is 48.5 Å². The molecule has 242 valence electrons. The SMILES string of the molecule is COC(=O)C(C)CC(=O)N1Cc2cc(OC)c(OCCCOc3c(OC)cc4sc(C(=O)CC(C)C(=O)O)cc4c3F)cc2C1. The third kappa shape index (κ3) is 7.64. The van der Waals surface area contributed by atoms with Crippen molar-refractivity contribution in [1.82, 2.24) is 4.90 Å². The second-order valence-corrected chi connectivity index (χ2v) is 11.9. The first kappa shape index (κ1) is 33.5. The number of benzene rings is 2. The van der Waals surface area contributed by atoms with Gasteiger partial charge in [0.05, 0.1) is 51.3 Å². The fourth-order valence-electron chi connectivity index (χ4n) is 4.93. The van der Waals surface area contributed by atoms with Crippen LogP contribution in [0.2, 0.25) is 0 Å². The van der Waals surface area contributed by atoms with E-state index in [1.807, 2.05) is 12.1 Å². The van der Waals surface area contributed by atoms with E-state index in [4.69, 9.17) is 28.8 Å². The molecule has 1 aliphatic heterocycles. The molecular weight excluding hydrogens is 609 g/mol. The Morgan fingerprint density at radius 3 is 2.16 bits per heavy atom. The van der Waals surface area contributed by atoms with Crippen molar-refractivity contribution in [2.45, 2.75) is 46.2 Å². The molecule has 0 saturated carbocycles. The Morgan fingerprint density at radius 1 is 0.889 bits per heavy atom. The standard InChI is InChI=1S/C32H36FNO10S/c1-17(31(37)38)9-22(35)27-13-21-26(45-27)14-25(41-4)30(29(21)33)44-8-6-7-43-24-12-20-16-34(15-19(20)11-23(24)40-3)28(36)10-18(2)32(39)42-5/h11-14,17-18H,6-10,15-16H2,1-5H3,(H,37,38). The number of aliphatic carboxylic acids is 1. The number of carbonyl (C=O) groups is 4. The number of Topliss-reactive ketones (excluding diaryl/α,β-unsaturated/α-hetero) is 1. The molecule has 2 aromatic carbocycles. The molecule has 4 rings (SSSR count). The normalized spacial score (nSPS) is 13.6. The highest BCUT2D eigenvalue weighted by atomic mass is 32.1. The van der Waals surface area contributed by atoms with Gasteiger partial charge in [-0.15, -0.1) is 11.3 Å². The van der Waals surface area contributed by atoms with Gasteiger partial charge in [-0.05, 0) is 29.3 Å². The summed E-state index contributed by atoms with van der Waals surface area (Å²) < 4.78 is 43.3. The van der Waals surface area contributed by atoms with E-state index in [1.165, 1.54) is 34.3 Å². The number of ether oxygens (including phenoxy) is 5. The largest absolute Gasteiger partial charge is 0.493 e. The molecule has 45 heavy (non-hydrogen) atoms. The van der Waals surface area contributed by atoms with E-state index in [0.29, 0.717) is 35.7 Å². The Balaban J connectivity index is 1.36. The molecule has 1 aliphatic rings. The second kappa shape index (κ2) is 14.6. The van der Waals surface area contributed by atoms with Gasteiger partial charge in [0.15, 0.2) is 34.6 Å². The molecule has 2 atom stereocenters. The highest BCUT2D eigenvalue weighted by Crippen LogP contribution is 2.41. The maximum absolute atomic E-state index is 15.5. The van der Waals surface area contributed by atoms with Crippen LogP contribution in [0, 0.1) is 17.7 Å². The number of methoxy groups -OCH3 is 3. The molecule has 2 heterocycles. The average Bonchev–Trinajstić information content (AvgIpc) is 3.65. The summed E-state index contributed by atoms with van der Waals surface area (Å²) in [6.45, 7) is 4.19. The molecule has 1 amide bonds. The van der Waals surface area contributed by atoms with Crippen LogP contribution in [0.25, 0.3) is 10.1 Å². The van der Waals surface area contributed by atoms with Gasteiger partial charge in [0.25, 0.3) is 0 Å². The lowest BCUT2D eigenvalue weighted by Gasteiger charge is -2.17. The van der Waals surface area contributed by atoms with E-state index in [9.17, 15) is 19.2 Å². The van der Waals surface area contributed by atoms with Gasteiger partial charge in [-0.25, -0.2) is 4.39 Å². The first-order chi connectivity index (χ1) is 21.5. The number of hydrogen-bond donors (Lipinski definition) is 1. The third-order valence-electron chi connectivity index (χ3n) is 7.53. The number of hydrogen-bond acceptors (Lipinski definition) is 10. The lowest BCUT2D eigenvalue weighted by molar-refractivity contribution is -0.148. The van der Waals surface area contributed by atoms with Crippen LogP contribution in [0.15, 0.2) is 24.3 Å². The van der Waals surface area contributed by atoms with E-state index in [-0.39, 0.29) is 59.5 Å². The first-order valence-electron chi connectivity index (χ1n) is 14.3. The number of carbonyl (C=O) groups excluding carboxylic acids is 3. The quantitative estimate of drug-likeness (QED) is 0.133. The van der Waals surface area contributed by atoms with Crippen molar-refractivity contribution >= 4 is 45.1 Å². The number of carboxylic acids is 1. The zero-order valence-electron chi connectivity index (χ0n) is 25.8. The Morgan fingerprint density at radius 2 is 1.53 bits per heavy atom. The van der Waals surface area contributed by atoms with Gasteiger partial charge in [-0.2, -0.15) is 0 Å². The number of nitrogens with zero attached hydrogens (tertiary/aromatic N) is 1. The van der Waals surface area contributed by atoms with Gasteiger partial charge in [-0.3, -0.25) is 19.2 Å². The monoisotopic (exact) mass is 645 g/mol. The molecule has 1 aromatic heterocycles. The molecule has 0 aliphatic carbocycles. The Bertz CT molecular complexity index is 1600. The molecule has 13 heteroatoms. The summed E-state index contributed by atoms with van der Waals surface area (Å²) >= 11 is 1.07. The number of thiophene rings is 1. The van der Waals surface area contributed by atoms with Crippen LogP contribution in [0.5, 0.6) is 23.0 Å². The minimum absolute atomic E-state index is 0.0528. The molecule has 3 aromatic rings. The van der Waals surface area contributed by atoms with Gasteiger partial charge >= 0.3 is 11.9 Å². The number of amides is 1. The number of rotatable bonds is 15. The zero-order chi connectivity index (χ0) is 32.8. The van der Waals surface area contributed by atoms with Crippen molar-refractivity contribution in [3.05, 3.63) is 46.1 Å². The fraction of sp³-hybridized carbons (Fsp3) is 0.438. The van der Waals surface area contributed by atoms with Crippen LogP contribution in [-0.2, 0) is 32.2 Å². The maximum Gasteiger partial charge on any atom is 0.308 e. The lowest BCUT2D eigenvalue weighted by atomic mass is 10.0. The van der Waals surface area contributed by atoms with Gasteiger partial charge in [-0.1, -0.05) is 13.8 Å². The highest BCUT2D eigenvalue weighted by Gasteiger charge is 2.28. The van der Waals surface area contributed by atoms with Crippen molar-refractivity contribution in [3.63, 3.8) is 0 Å². The molecule has 0 bridgehead atoms. The molecule has 0 saturated heterocycles. The van der Waals surface area contributed by atoms with Crippen molar-refractivity contribution in [2.24, 2.45) is 11.8 Å². The summed E-state index contributed by atoms with van der Waals surface area (Å²) in [5.41, 5.74) is 1.83. The predicted molar refractivity (Wildman–Crippen MR) is 163 cm³/mol. The number of esters is 1. The van der Waals surface area contributed by atoms with E-state index >= 15 is 4.39 Å². The first-order valence-corrected chi connectivity index (χ1v) is 15.2. The zero-order valence-corrected chi connectivity index (χ0v) is 26.6. The second-order valence-electron chi connectivity index (χ2n) is 10.8. The lowest BCUT2D eigenvalue weighted by Crippen LogP contribution is -2.29. The summed E-state index contributed by atoms with van der Waals surface area (Å²) in [6.07, 6.45) is 0.251. The molecule has 11 nitrogen and oxygen atoms in total. The maximum atomic E-state index is 15.5. The molecule has 0 spiro atoms. The summed E-state index contributed by atoms with van der Waals surface area (Å²) in [5, 5.41) is 9.29. The minimum Gasteiger partial charge on any atom is -0.493 e. The number of carboxylic acid groups (broad SMARTS) is 1. The number of fused-ring (bicyclic) bond motifs is 2. The van der Waals surface area contributed by atoms with Crippen LogP contribution >= 0.6 is 11.3 Å². The summed E-state index contributed by atoms with van der Waals surface area (Å²) in [4.78, 5) is 50.1. The van der Waals surface area contributed by atoms with Crippen LogP contribution < -0.4 is 18.9 Å². The molecule has 0 radical (unpaired) electrons. The number of halogens is 1.